The molecule has 1 saturated carbocycles. The van der Waals surface area contributed by atoms with Crippen LogP contribution in [0.15, 0.2) is 36.5 Å². The van der Waals surface area contributed by atoms with E-state index < -0.39 is 5.54 Å². The average molecular weight is 304 g/mol. The molecule has 21 heavy (non-hydrogen) atoms. The number of nitrogens with zero attached hydrogens (tertiary/aromatic N) is 2. The molecule has 3 nitrogen and oxygen atoms in total. The first-order chi connectivity index (χ1) is 10.0. The number of halogens is 1. The molecule has 1 aliphatic carbocycles. The van der Waals surface area contributed by atoms with Crippen molar-refractivity contribution in [2.45, 2.75) is 50.6 Å². The third-order valence-corrected chi connectivity index (χ3v) is 4.67. The third kappa shape index (κ3) is 3.30. The van der Waals surface area contributed by atoms with E-state index in [0.717, 1.165) is 22.7 Å². The number of hydrogen-bond acceptors (Lipinski definition) is 2. The first kappa shape index (κ1) is 14.6. The van der Waals surface area contributed by atoms with Crippen LogP contribution >= 0.6 is 11.6 Å². The van der Waals surface area contributed by atoms with E-state index in [4.69, 9.17) is 22.4 Å². The Kier molecular flexibility index (Phi) is 4.05. The van der Waals surface area contributed by atoms with Gasteiger partial charge in [0.2, 0.25) is 0 Å². The summed E-state index contributed by atoms with van der Waals surface area (Å²) < 4.78 is 2.13. The molecule has 0 radical (unpaired) electrons. The second-order valence-corrected chi connectivity index (χ2v) is 6.76. The van der Waals surface area contributed by atoms with Gasteiger partial charge in [0.05, 0.1) is 11.7 Å². The van der Waals surface area contributed by atoms with Crippen LogP contribution in [0, 0.1) is 0 Å². The van der Waals surface area contributed by atoms with Crippen LogP contribution in [0.5, 0.6) is 0 Å². The molecule has 1 aromatic carbocycles. The minimum atomic E-state index is -0.431. The zero-order chi connectivity index (χ0) is 14.9. The van der Waals surface area contributed by atoms with Crippen molar-refractivity contribution in [1.82, 2.24) is 9.78 Å². The quantitative estimate of drug-likeness (QED) is 0.925. The normalized spacial score (nSPS) is 18.8. The molecule has 2 aromatic rings. The Morgan fingerprint density at radius 3 is 2.57 bits per heavy atom. The van der Waals surface area contributed by atoms with Crippen molar-refractivity contribution in [3.05, 3.63) is 52.8 Å². The van der Waals surface area contributed by atoms with Crippen molar-refractivity contribution < 1.29 is 0 Å². The molecule has 0 aliphatic heterocycles. The predicted molar refractivity (Wildman–Crippen MR) is 86.4 cm³/mol. The summed E-state index contributed by atoms with van der Waals surface area (Å²) in [4.78, 5) is 0. The van der Waals surface area contributed by atoms with E-state index in [1.54, 1.807) is 0 Å². The number of benzene rings is 1. The highest BCUT2D eigenvalue weighted by molar-refractivity contribution is 6.30. The highest BCUT2D eigenvalue weighted by atomic mass is 35.5. The number of nitrogens with two attached hydrogens (primary N) is 1. The van der Waals surface area contributed by atoms with Crippen LogP contribution < -0.4 is 5.73 Å². The summed E-state index contributed by atoms with van der Waals surface area (Å²) in [5, 5.41) is 5.47. The van der Waals surface area contributed by atoms with Gasteiger partial charge in [-0.1, -0.05) is 36.6 Å². The molecule has 0 bridgehead atoms. The molecule has 1 aliphatic rings. The molecular weight excluding hydrogens is 282 g/mol. The van der Waals surface area contributed by atoms with Gasteiger partial charge in [-0.25, -0.2) is 0 Å². The Bertz CT molecular complexity index is 595. The van der Waals surface area contributed by atoms with Gasteiger partial charge in [-0.15, -0.1) is 0 Å². The fourth-order valence-corrected chi connectivity index (χ4v) is 3.28. The van der Waals surface area contributed by atoms with E-state index in [1.165, 1.54) is 25.7 Å². The zero-order valence-corrected chi connectivity index (χ0v) is 13.2. The Labute approximate surface area is 131 Å². The van der Waals surface area contributed by atoms with Gasteiger partial charge in [-0.2, -0.15) is 5.10 Å². The Hall–Kier alpha value is -1.32. The predicted octanol–water partition coefficient (Wildman–Crippen LogP) is 4.07. The Balaban J connectivity index is 1.74. The topological polar surface area (TPSA) is 43.8 Å². The molecule has 1 atom stereocenters. The van der Waals surface area contributed by atoms with Gasteiger partial charge in [0.25, 0.3) is 0 Å². The van der Waals surface area contributed by atoms with E-state index >= 15 is 0 Å². The molecule has 0 saturated heterocycles. The fourth-order valence-electron chi connectivity index (χ4n) is 3.15. The number of hydrogen-bond donors (Lipinski definition) is 1. The maximum absolute atomic E-state index is 6.49. The van der Waals surface area contributed by atoms with Gasteiger partial charge in [-0.05, 0) is 43.5 Å². The maximum Gasteiger partial charge on any atom is 0.0646 e. The monoisotopic (exact) mass is 303 g/mol. The van der Waals surface area contributed by atoms with E-state index in [-0.39, 0.29) is 0 Å². The van der Waals surface area contributed by atoms with Gasteiger partial charge in [0.15, 0.2) is 0 Å². The van der Waals surface area contributed by atoms with Crippen LogP contribution in [0.1, 0.15) is 49.9 Å². The summed E-state index contributed by atoms with van der Waals surface area (Å²) >= 11 is 5.94. The summed E-state index contributed by atoms with van der Waals surface area (Å²) in [6, 6.07) is 10.4. The molecule has 112 valence electrons. The van der Waals surface area contributed by atoms with E-state index in [0.29, 0.717) is 6.04 Å². The molecule has 1 aromatic heterocycles. The van der Waals surface area contributed by atoms with Crippen LogP contribution in [-0.2, 0) is 12.0 Å². The summed E-state index contributed by atoms with van der Waals surface area (Å²) in [6.07, 6.45) is 7.96. The van der Waals surface area contributed by atoms with Gasteiger partial charge >= 0.3 is 0 Å². The molecule has 0 spiro atoms. The van der Waals surface area contributed by atoms with E-state index in [1.807, 2.05) is 31.2 Å². The first-order valence-corrected chi connectivity index (χ1v) is 8.01. The highest BCUT2D eigenvalue weighted by Crippen LogP contribution is 2.29. The maximum atomic E-state index is 6.49. The van der Waals surface area contributed by atoms with Gasteiger partial charge in [0, 0.05) is 23.2 Å². The fraction of sp³-hybridized carbons (Fsp3) is 0.471. The summed E-state index contributed by atoms with van der Waals surface area (Å²) in [5.41, 5.74) is 8.20. The second-order valence-electron chi connectivity index (χ2n) is 6.33. The zero-order valence-electron chi connectivity index (χ0n) is 12.4. The third-order valence-electron chi connectivity index (χ3n) is 4.41. The van der Waals surface area contributed by atoms with Crippen LogP contribution in [-0.4, -0.2) is 9.78 Å². The molecule has 0 amide bonds. The molecule has 1 unspecified atom stereocenters. The second kappa shape index (κ2) is 5.82. The molecule has 3 rings (SSSR count). The Morgan fingerprint density at radius 2 is 1.90 bits per heavy atom. The number of rotatable bonds is 4. The largest absolute Gasteiger partial charge is 0.321 e. The van der Waals surface area contributed by atoms with Gasteiger partial charge in [0.1, 0.15) is 0 Å². The minimum Gasteiger partial charge on any atom is -0.321 e. The average Bonchev–Trinajstić information content (AvgIpc) is 3.09. The molecule has 1 heterocycles. The van der Waals surface area contributed by atoms with Gasteiger partial charge in [-0.3, -0.25) is 4.68 Å². The summed E-state index contributed by atoms with van der Waals surface area (Å²) in [5.74, 6) is 0. The van der Waals surface area contributed by atoms with Crippen molar-refractivity contribution in [3.8, 4) is 0 Å². The van der Waals surface area contributed by atoms with Crippen LogP contribution in [0.25, 0.3) is 0 Å². The van der Waals surface area contributed by atoms with Crippen molar-refractivity contribution >= 4 is 11.6 Å². The van der Waals surface area contributed by atoms with Crippen molar-refractivity contribution in [2.24, 2.45) is 5.73 Å². The Morgan fingerprint density at radius 1 is 1.24 bits per heavy atom. The lowest BCUT2D eigenvalue weighted by Gasteiger charge is -2.24. The van der Waals surface area contributed by atoms with E-state index in [9.17, 15) is 0 Å². The highest BCUT2D eigenvalue weighted by Gasteiger charge is 2.24. The van der Waals surface area contributed by atoms with Crippen molar-refractivity contribution in [1.29, 1.82) is 0 Å². The lowest BCUT2D eigenvalue weighted by Crippen LogP contribution is -2.35. The summed E-state index contributed by atoms with van der Waals surface area (Å²) in [6.45, 7) is 2.05. The molecular formula is C17H22ClN3. The lowest BCUT2D eigenvalue weighted by molar-refractivity contribution is 0.445. The molecule has 2 N–H and O–H groups in total. The minimum absolute atomic E-state index is 0.431. The van der Waals surface area contributed by atoms with Crippen molar-refractivity contribution in [3.63, 3.8) is 0 Å². The van der Waals surface area contributed by atoms with Crippen molar-refractivity contribution in [2.75, 3.05) is 0 Å². The smallest absolute Gasteiger partial charge is 0.0646 e. The van der Waals surface area contributed by atoms with Crippen LogP contribution in [0.4, 0.5) is 0 Å². The molecule has 4 heteroatoms. The lowest BCUT2D eigenvalue weighted by atomic mass is 9.88. The van der Waals surface area contributed by atoms with Crippen LogP contribution in [0.2, 0.25) is 5.02 Å². The standard InChI is InChI=1S/C17H22ClN3/c1-17(19,13-6-8-14(18)9-7-13)12-15-10-11-21(20-15)16-4-2-3-5-16/h6-11,16H,2-5,12,19H2,1H3. The number of aromatic nitrogens is 2. The summed E-state index contributed by atoms with van der Waals surface area (Å²) in [7, 11) is 0. The molecule has 1 fully saturated rings. The van der Waals surface area contributed by atoms with Gasteiger partial charge < -0.3 is 5.73 Å². The van der Waals surface area contributed by atoms with E-state index in [2.05, 4.69) is 16.9 Å². The SMILES string of the molecule is CC(N)(Cc1ccn(C2CCCC2)n1)c1ccc(Cl)cc1. The first-order valence-electron chi connectivity index (χ1n) is 7.63. The van der Waals surface area contributed by atoms with Crippen LogP contribution in [0.3, 0.4) is 0 Å².